The van der Waals surface area contributed by atoms with Crippen LogP contribution in [0.1, 0.15) is 38.5 Å². The zero-order valence-corrected chi connectivity index (χ0v) is 6.92. The van der Waals surface area contributed by atoms with E-state index in [0.717, 1.165) is 0 Å². The lowest BCUT2D eigenvalue weighted by atomic mass is 9.96. The van der Waals surface area contributed by atoms with Crippen LogP contribution in [0.2, 0.25) is 0 Å². The van der Waals surface area contributed by atoms with Crippen LogP contribution in [0.4, 0.5) is 0 Å². The van der Waals surface area contributed by atoms with Crippen LogP contribution in [0.5, 0.6) is 0 Å². The minimum Gasteiger partial charge on any atom is -0.349 e. The molecule has 0 aromatic carbocycles. The molecule has 64 valence electrons. The van der Waals surface area contributed by atoms with Crippen molar-refractivity contribution in [3.05, 3.63) is 0 Å². The summed E-state index contributed by atoms with van der Waals surface area (Å²) in [6.07, 6.45) is 8.69. The van der Waals surface area contributed by atoms with Gasteiger partial charge in [0.2, 0.25) is 0 Å². The average molecular weight is 156 g/mol. The number of fused-ring (bicyclic) bond motifs is 1. The Bertz CT molecular complexity index is 111. The highest BCUT2D eigenvalue weighted by Crippen LogP contribution is 2.26. The van der Waals surface area contributed by atoms with E-state index in [1.807, 2.05) is 0 Å². The van der Waals surface area contributed by atoms with Crippen molar-refractivity contribution in [1.82, 2.24) is 0 Å². The monoisotopic (exact) mass is 156 g/mol. The van der Waals surface area contributed by atoms with Crippen LogP contribution in [0.3, 0.4) is 0 Å². The van der Waals surface area contributed by atoms with Crippen molar-refractivity contribution in [3.8, 4) is 0 Å². The lowest BCUT2D eigenvalue weighted by Crippen LogP contribution is -2.23. The largest absolute Gasteiger partial charge is 0.349 e. The molecule has 0 N–H and O–H groups in total. The first kappa shape index (κ1) is 7.56. The maximum absolute atomic E-state index is 5.47. The predicted octanol–water partition coefficient (Wildman–Crippen LogP) is 2.08. The number of hydrogen-bond acceptors (Lipinski definition) is 2. The highest BCUT2D eigenvalue weighted by atomic mass is 16.7. The zero-order valence-electron chi connectivity index (χ0n) is 6.92. The summed E-state index contributed by atoms with van der Waals surface area (Å²) in [6, 6.07) is 0. The van der Waals surface area contributed by atoms with Gasteiger partial charge in [-0.25, -0.2) is 0 Å². The molecule has 1 saturated carbocycles. The highest BCUT2D eigenvalue weighted by molar-refractivity contribution is 4.76. The fraction of sp³-hybridized carbons (Fsp3) is 1.00. The van der Waals surface area contributed by atoms with E-state index in [4.69, 9.17) is 9.47 Å². The second-order valence-corrected chi connectivity index (χ2v) is 3.52. The second kappa shape index (κ2) is 3.55. The van der Waals surface area contributed by atoms with Crippen molar-refractivity contribution in [2.45, 2.75) is 50.7 Å². The molecule has 1 heterocycles. The summed E-state index contributed by atoms with van der Waals surface area (Å²) in [4.78, 5) is 0. The summed E-state index contributed by atoms with van der Waals surface area (Å²) in [6.45, 7) is 0.537. The summed E-state index contributed by atoms with van der Waals surface area (Å²) in [5, 5.41) is 0. The molecule has 0 aromatic rings. The van der Waals surface area contributed by atoms with E-state index in [2.05, 4.69) is 0 Å². The van der Waals surface area contributed by atoms with Crippen LogP contribution in [-0.4, -0.2) is 19.0 Å². The molecule has 0 amide bonds. The average Bonchev–Trinajstić information content (AvgIpc) is 2.35. The molecule has 1 aliphatic carbocycles. The Morgan fingerprint density at radius 1 is 0.727 bits per heavy atom. The summed E-state index contributed by atoms with van der Waals surface area (Å²) in [5.74, 6) is 0. The van der Waals surface area contributed by atoms with Crippen molar-refractivity contribution in [2.75, 3.05) is 6.79 Å². The van der Waals surface area contributed by atoms with Gasteiger partial charge in [-0.15, -0.1) is 0 Å². The first-order chi connectivity index (χ1) is 5.47. The van der Waals surface area contributed by atoms with Gasteiger partial charge in [0.1, 0.15) is 6.79 Å². The van der Waals surface area contributed by atoms with E-state index in [-0.39, 0.29) is 0 Å². The van der Waals surface area contributed by atoms with Gasteiger partial charge < -0.3 is 9.47 Å². The molecule has 2 unspecified atom stereocenters. The number of ether oxygens (including phenoxy) is 2. The fourth-order valence-electron chi connectivity index (χ4n) is 2.01. The van der Waals surface area contributed by atoms with E-state index in [0.29, 0.717) is 19.0 Å². The first-order valence-corrected chi connectivity index (χ1v) is 4.70. The van der Waals surface area contributed by atoms with Crippen LogP contribution in [-0.2, 0) is 9.47 Å². The summed E-state index contributed by atoms with van der Waals surface area (Å²) in [5.41, 5.74) is 0. The predicted molar refractivity (Wildman–Crippen MR) is 42.3 cm³/mol. The van der Waals surface area contributed by atoms with E-state index < -0.39 is 0 Å². The standard InChI is InChI=1S/C9H16O2/c1-2-4-6-9-8(5-3-1)10-7-11-9/h8-9H,1-7H2. The van der Waals surface area contributed by atoms with Crippen LogP contribution in [0.25, 0.3) is 0 Å². The maximum Gasteiger partial charge on any atom is 0.147 e. The molecule has 0 aromatic heterocycles. The smallest absolute Gasteiger partial charge is 0.147 e. The molecule has 2 atom stereocenters. The summed E-state index contributed by atoms with van der Waals surface area (Å²) >= 11 is 0. The molecule has 2 heteroatoms. The van der Waals surface area contributed by atoms with Gasteiger partial charge in [-0.3, -0.25) is 0 Å². The minimum atomic E-state index is 0.426. The zero-order chi connectivity index (χ0) is 7.52. The Kier molecular flexibility index (Phi) is 2.44. The molecule has 2 nitrogen and oxygen atoms in total. The van der Waals surface area contributed by atoms with Gasteiger partial charge in [-0.05, 0) is 12.8 Å². The Balaban J connectivity index is 1.89. The van der Waals surface area contributed by atoms with E-state index >= 15 is 0 Å². The number of rotatable bonds is 0. The Labute approximate surface area is 67.9 Å². The molecule has 2 fully saturated rings. The van der Waals surface area contributed by atoms with Gasteiger partial charge in [0.25, 0.3) is 0 Å². The molecular formula is C9H16O2. The maximum atomic E-state index is 5.47. The van der Waals surface area contributed by atoms with Gasteiger partial charge in [0.05, 0.1) is 12.2 Å². The molecule has 2 aliphatic rings. The topological polar surface area (TPSA) is 18.5 Å². The van der Waals surface area contributed by atoms with Crippen LogP contribution in [0.15, 0.2) is 0 Å². The minimum absolute atomic E-state index is 0.426. The van der Waals surface area contributed by atoms with Crippen molar-refractivity contribution >= 4 is 0 Å². The first-order valence-electron chi connectivity index (χ1n) is 4.70. The van der Waals surface area contributed by atoms with Crippen LogP contribution >= 0.6 is 0 Å². The van der Waals surface area contributed by atoms with Gasteiger partial charge >= 0.3 is 0 Å². The Morgan fingerprint density at radius 2 is 1.27 bits per heavy atom. The fourth-order valence-corrected chi connectivity index (χ4v) is 2.01. The van der Waals surface area contributed by atoms with Gasteiger partial charge in [-0.2, -0.15) is 0 Å². The van der Waals surface area contributed by atoms with Gasteiger partial charge in [0, 0.05) is 0 Å². The molecule has 11 heavy (non-hydrogen) atoms. The Hall–Kier alpha value is -0.0800. The van der Waals surface area contributed by atoms with Gasteiger partial charge in [0.15, 0.2) is 0 Å². The lowest BCUT2D eigenvalue weighted by Gasteiger charge is -2.19. The third-order valence-electron chi connectivity index (χ3n) is 2.71. The summed E-state index contributed by atoms with van der Waals surface area (Å²) < 4.78 is 10.9. The molecule has 1 aliphatic heterocycles. The van der Waals surface area contributed by atoms with Crippen molar-refractivity contribution < 1.29 is 9.47 Å². The molecular weight excluding hydrogens is 140 g/mol. The van der Waals surface area contributed by atoms with E-state index in [1.54, 1.807) is 0 Å². The molecule has 0 radical (unpaired) electrons. The van der Waals surface area contributed by atoms with Crippen LogP contribution < -0.4 is 0 Å². The van der Waals surface area contributed by atoms with Crippen molar-refractivity contribution in [2.24, 2.45) is 0 Å². The third-order valence-corrected chi connectivity index (χ3v) is 2.71. The van der Waals surface area contributed by atoms with E-state index in [1.165, 1.54) is 38.5 Å². The summed E-state index contributed by atoms with van der Waals surface area (Å²) in [7, 11) is 0. The molecule has 0 bridgehead atoms. The molecule has 2 rings (SSSR count). The van der Waals surface area contributed by atoms with E-state index in [9.17, 15) is 0 Å². The highest BCUT2D eigenvalue weighted by Gasteiger charge is 2.28. The third kappa shape index (κ3) is 1.74. The quantitative estimate of drug-likeness (QED) is 0.534. The number of hydrogen-bond donors (Lipinski definition) is 0. The SMILES string of the molecule is C1CCCC2OCOC2CC1. The normalized spacial score (nSPS) is 39.3. The Morgan fingerprint density at radius 3 is 1.82 bits per heavy atom. The molecule has 0 spiro atoms. The molecule has 1 saturated heterocycles. The second-order valence-electron chi connectivity index (χ2n) is 3.52. The van der Waals surface area contributed by atoms with Gasteiger partial charge in [-0.1, -0.05) is 25.7 Å². The van der Waals surface area contributed by atoms with Crippen molar-refractivity contribution in [3.63, 3.8) is 0 Å². The lowest BCUT2D eigenvalue weighted by molar-refractivity contribution is 0.0368. The van der Waals surface area contributed by atoms with Crippen LogP contribution in [0, 0.1) is 0 Å². The van der Waals surface area contributed by atoms with Crippen molar-refractivity contribution in [1.29, 1.82) is 0 Å².